The molecule has 0 fully saturated rings. The molecular formula is C16H18N2O3. The molecule has 2 aromatic carbocycles. The quantitative estimate of drug-likeness (QED) is 0.564. The number of urea groups is 1. The fourth-order valence-electron chi connectivity index (χ4n) is 1.85. The van der Waals surface area contributed by atoms with Gasteiger partial charge in [0.2, 0.25) is 0 Å². The van der Waals surface area contributed by atoms with E-state index in [4.69, 9.17) is 9.94 Å². The molecule has 0 saturated heterocycles. The van der Waals surface area contributed by atoms with Crippen molar-refractivity contribution in [3.05, 3.63) is 65.7 Å². The first-order valence-corrected chi connectivity index (χ1v) is 6.71. The van der Waals surface area contributed by atoms with E-state index in [0.717, 1.165) is 16.9 Å². The lowest BCUT2D eigenvalue weighted by Gasteiger charge is -2.08. The first-order valence-electron chi connectivity index (χ1n) is 6.71. The van der Waals surface area contributed by atoms with E-state index < -0.39 is 6.03 Å². The third-order valence-corrected chi connectivity index (χ3v) is 2.97. The highest BCUT2D eigenvalue weighted by Gasteiger charge is 1.99. The van der Waals surface area contributed by atoms with Crippen molar-refractivity contribution in [3.63, 3.8) is 0 Å². The number of ether oxygens (including phenoxy) is 1. The second-order valence-electron chi connectivity index (χ2n) is 4.54. The van der Waals surface area contributed by atoms with Gasteiger partial charge in [-0.15, -0.1) is 0 Å². The highest BCUT2D eigenvalue weighted by Crippen LogP contribution is 2.14. The Labute approximate surface area is 123 Å². The summed E-state index contributed by atoms with van der Waals surface area (Å²) in [6.45, 7) is 0.995. The molecule has 0 saturated carbocycles. The van der Waals surface area contributed by atoms with Crippen molar-refractivity contribution in [2.24, 2.45) is 0 Å². The van der Waals surface area contributed by atoms with E-state index in [1.165, 1.54) is 5.48 Å². The summed E-state index contributed by atoms with van der Waals surface area (Å²) in [5, 5.41) is 10.9. The van der Waals surface area contributed by atoms with Crippen molar-refractivity contribution < 1.29 is 14.7 Å². The molecule has 0 atom stereocenters. The molecule has 0 bridgehead atoms. The van der Waals surface area contributed by atoms with E-state index in [0.29, 0.717) is 19.6 Å². The molecule has 0 aliphatic carbocycles. The fourth-order valence-corrected chi connectivity index (χ4v) is 1.85. The predicted molar refractivity (Wildman–Crippen MR) is 79.2 cm³/mol. The van der Waals surface area contributed by atoms with Gasteiger partial charge in [-0.05, 0) is 29.7 Å². The van der Waals surface area contributed by atoms with Crippen LogP contribution in [0, 0.1) is 0 Å². The third-order valence-electron chi connectivity index (χ3n) is 2.97. The Morgan fingerprint density at radius 3 is 2.38 bits per heavy atom. The van der Waals surface area contributed by atoms with Crippen molar-refractivity contribution in [1.29, 1.82) is 0 Å². The van der Waals surface area contributed by atoms with Gasteiger partial charge >= 0.3 is 6.03 Å². The van der Waals surface area contributed by atoms with Crippen molar-refractivity contribution >= 4 is 6.03 Å². The first-order chi connectivity index (χ1) is 10.3. The summed E-state index contributed by atoms with van der Waals surface area (Å²) < 4.78 is 5.69. The summed E-state index contributed by atoms with van der Waals surface area (Å²) in [6.07, 6.45) is 0.687. The predicted octanol–water partition coefficient (Wildman–Crippen LogP) is 2.50. The zero-order valence-corrected chi connectivity index (χ0v) is 11.6. The van der Waals surface area contributed by atoms with Gasteiger partial charge in [-0.3, -0.25) is 5.21 Å². The molecule has 2 amide bonds. The van der Waals surface area contributed by atoms with Gasteiger partial charge in [0.1, 0.15) is 12.4 Å². The second kappa shape index (κ2) is 7.91. The van der Waals surface area contributed by atoms with Crippen LogP contribution in [-0.2, 0) is 13.0 Å². The number of carbonyl (C=O) groups excluding carboxylic acids is 1. The topological polar surface area (TPSA) is 70.6 Å². The molecule has 0 aromatic heterocycles. The van der Waals surface area contributed by atoms with Gasteiger partial charge in [0.15, 0.2) is 0 Å². The van der Waals surface area contributed by atoms with E-state index in [1.807, 2.05) is 54.6 Å². The number of amides is 2. The van der Waals surface area contributed by atoms with Gasteiger partial charge in [0.25, 0.3) is 0 Å². The number of nitrogens with one attached hydrogen (secondary N) is 2. The molecule has 110 valence electrons. The van der Waals surface area contributed by atoms with E-state index in [9.17, 15) is 4.79 Å². The highest BCUT2D eigenvalue weighted by molar-refractivity contribution is 5.72. The molecule has 0 aliphatic heterocycles. The van der Waals surface area contributed by atoms with E-state index in [1.54, 1.807) is 0 Å². The van der Waals surface area contributed by atoms with Crippen LogP contribution in [0.15, 0.2) is 54.6 Å². The lowest BCUT2D eigenvalue weighted by Crippen LogP contribution is -2.34. The van der Waals surface area contributed by atoms with Crippen LogP contribution < -0.4 is 15.5 Å². The minimum atomic E-state index is -0.599. The lowest BCUT2D eigenvalue weighted by molar-refractivity contribution is 0.162. The van der Waals surface area contributed by atoms with Crippen LogP contribution in [-0.4, -0.2) is 17.8 Å². The van der Waals surface area contributed by atoms with Crippen molar-refractivity contribution in [1.82, 2.24) is 10.8 Å². The average Bonchev–Trinajstić information content (AvgIpc) is 2.55. The van der Waals surface area contributed by atoms with Crippen LogP contribution in [0.25, 0.3) is 0 Å². The summed E-state index contributed by atoms with van der Waals surface area (Å²) >= 11 is 0. The second-order valence-corrected chi connectivity index (χ2v) is 4.54. The molecule has 0 spiro atoms. The van der Waals surface area contributed by atoms with Gasteiger partial charge in [-0.2, -0.15) is 0 Å². The molecular weight excluding hydrogens is 268 g/mol. The average molecular weight is 286 g/mol. The Kier molecular flexibility index (Phi) is 5.60. The number of hydrogen-bond acceptors (Lipinski definition) is 3. The standard InChI is InChI=1S/C16H18N2O3/c19-16(18-20)17-11-10-13-6-8-15(9-7-13)21-12-14-4-2-1-3-5-14/h1-9,20H,10-12H2,(H2,17,18,19). The largest absolute Gasteiger partial charge is 0.489 e. The smallest absolute Gasteiger partial charge is 0.338 e. The van der Waals surface area contributed by atoms with Gasteiger partial charge in [-0.1, -0.05) is 42.5 Å². The molecule has 0 heterocycles. The zero-order valence-electron chi connectivity index (χ0n) is 11.6. The lowest BCUT2D eigenvalue weighted by atomic mass is 10.1. The summed E-state index contributed by atoms with van der Waals surface area (Å²) in [6, 6.07) is 17.1. The van der Waals surface area contributed by atoms with Crippen molar-refractivity contribution in [3.8, 4) is 5.75 Å². The van der Waals surface area contributed by atoms with Gasteiger partial charge in [0, 0.05) is 6.54 Å². The monoisotopic (exact) mass is 286 g/mol. The van der Waals surface area contributed by atoms with E-state index in [2.05, 4.69) is 5.32 Å². The Bertz CT molecular complexity index is 555. The van der Waals surface area contributed by atoms with Crippen LogP contribution >= 0.6 is 0 Å². The van der Waals surface area contributed by atoms with Gasteiger partial charge in [-0.25, -0.2) is 10.3 Å². The maximum absolute atomic E-state index is 10.8. The van der Waals surface area contributed by atoms with E-state index in [-0.39, 0.29) is 0 Å². The van der Waals surface area contributed by atoms with Crippen LogP contribution in [0.3, 0.4) is 0 Å². The molecule has 0 radical (unpaired) electrons. The van der Waals surface area contributed by atoms with Gasteiger partial charge < -0.3 is 10.1 Å². The number of hydroxylamine groups is 1. The maximum atomic E-state index is 10.8. The Morgan fingerprint density at radius 2 is 1.71 bits per heavy atom. The Morgan fingerprint density at radius 1 is 1.00 bits per heavy atom. The molecule has 2 rings (SSSR count). The van der Waals surface area contributed by atoms with Crippen LogP contribution in [0.5, 0.6) is 5.75 Å². The first kappa shape index (κ1) is 14.9. The molecule has 5 heteroatoms. The number of carbonyl (C=O) groups is 1. The minimum Gasteiger partial charge on any atom is -0.489 e. The third kappa shape index (κ3) is 5.16. The molecule has 21 heavy (non-hydrogen) atoms. The molecule has 0 aliphatic rings. The molecule has 5 nitrogen and oxygen atoms in total. The zero-order chi connectivity index (χ0) is 14.9. The summed E-state index contributed by atoms with van der Waals surface area (Å²) in [7, 11) is 0. The van der Waals surface area contributed by atoms with Crippen LogP contribution in [0.2, 0.25) is 0 Å². The Hall–Kier alpha value is -2.53. The summed E-state index contributed by atoms with van der Waals surface area (Å²) in [5.74, 6) is 0.809. The molecule has 2 aromatic rings. The number of hydrogen-bond donors (Lipinski definition) is 3. The maximum Gasteiger partial charge on any atom is 0.338 e. The van der Waals surface area contributed by atoms with Crippen molar-refractivity contribution in [2.45, 2.75) is 13.0 Å². The normalized spacial score (nSPS) is 9.95. The van der Waals surface area contributed by atoms with Crippen molar-refractivity contribution in [2.75, 3.05) is 6.54 Å². The van der Waals surface area contributed by atoms with E-state index >= 15 is 0 Å². The summed E-state index contributed by atoms with van der Waals surface area (Å²) in [4.78, 5) is 10.8. The Balaban J connectivity index is 1.78. The molecule has 3 N–H and O–H groups in total. The van der Waals surface area contributed by atoms with Crippen LogP contribution in [0.1, 0.15) is 11.1 Å². The fraction of sp³-hybridized carbons (Fsp3) is 0.188. The molecule has 0 unspecified atom stereocenters. The SMILES string of the molecule is O=C(NO)NCCc1ccc(OCc2ccccc2)cc1. The minimum absolute atomic E-state index is 0.455. The number of benzene rings is 2. The summed E-state index contributed by atoms with van der Waals surface area (Å²) in [5.41, 5.74) is 3.73. The highest BCUT2D eigenvalue weighted by atomic mass is 16.5. The number of rotatable bonds is 6. The van der Waals surface area contributed by atoms with Gasteiger partial charge in [0.05, 0.1) is 0 Å². The van der Waals surface area contributed by atoms with Crippen LogP contribution in [0.4, 0.5) is 4.79 Å².